The molecule has 8 heteroatoms. The number of nitrogens with zero attached hydrogens (tertiary/aromatic N) is 3. The fourth-order valence-electron chi connectivity index (χ4n) is 1.44. The molecule has 1 heterocycles. The van der Waals surface area contributed by atoms with E-state index >= 15 is 0 Å². The van der Waals surface area contributed by atoms with Gasteiger partial charge in [-0.2, -0.15) is 15.0 Å². The van der Waals surface area contributed by atoms with Gasteiger partial charge in [-0.3, -0.25) is 0 Å². The molecule has 114 valence electrons. The molecular formula is C12H23N5O3. The average molecular weight is 285 g/mol. The summed E-state index contributed by atoms with van der Waals surface area (Å²) in [5, 5.41) is 6.22. The number of aromatic nitrogens is 3. The summed E-state index contributed by atoms with van der Waals surface area (Å²) in [5.41, 5.74) is 0. The van der Waals surface area contributed by atoms with Crippen molar-refractivity contribution in [1.29, 1.82) is 0 Å². The third-order valence-corrected chi connectivity index (χ3v) is 2.41. The zero-order valence-electron chi connectivity index (χ0n) is 12.3. The monoisotopic (exact) mass is 285 g/mol. The molecule has 0 aliphatic carbocycles. The topological polar surface area (TPSA) is 90.4 Å². The lowest BCUT2D eigenvalue weighted by Crippen LogP contribution is -2.13. The summed E-state index contributed by atoms with van der Waals surface area (Å²) in [6.07, 6.45) is 1.75. The maximum absolute atomic E-state index is 5.06. The molecule has 1 rings (SSSR count). The fraction of sp³-hybridized carbons (Fsp3) is 0.750. The number of ether oxygens (including phenoxy) is 3. The first kappa shape index (κ1) is 16.4. The molecule has 0 saturated carbocycles. The van der Waals surface area contributed by atoms with Crippen molar-refractivity contribution in [2.45, 2.75) is 12.8 Å². The molecule has 0 radical (unpaired) electrons. The van der Waals surface area contributed by atoms with Crippen LogP contribution >= 0.6 is 0 Å². The minimum Gasteiger partial charge on any atom is -0.467 e. The molecule has 0 spiro atoms. The first-order valence-corrected chi connectivity index (χ1v) is 6.55. The Hall–Kier alpha value is -1.67. The zero-order valence-corrected chi connectivity index (χ0v) is 12.3. The van der Waals surface area contributed by atoms with E-state index in [1.54, 1.807) is 14.2 Å². The van der Waals surface area contributed by atoms with Crippen LogP contribution in [0.3, 0.4) is 0 Å². The van der Waals surface area contributed by atoms with E-state index in [2.05, 4.69) is 25.6 Å². The number of anilines is 2. The lowest BCUT2D eigenvalue weighted by atomic mass is 10.4. The number of hydrogen-bond donors (Lipinski definition) is 2. The normalized spacial score (nSPS) is 10.3. The van der Waals surface area contributed by atoms with Crippen molar-refractivity contribution in [3.05, 3.63) is 0 Å². The first-order chi connectivity index (χ1) is 9.80. The van der Waals surface area contributed by atoms with E-state index in [4.69, 9.17) is 14.2 Å². The molecule has 8 nitrogen and oxygen atoms in total. The van der Waals surface area contributed by atoms with Gasteiger partial charge in [-0.05, 0) is 12.8 Å². The summed E-state index contributed by atoms with van der Waals surface area (Å²) in [7, 11) is 4.88. The molecule has 0 aliphatic heterocycles. The van der Waals surface area contributed by atoms with Crippen LogP contribution in [0.5, 0.6) is 6.01 Å². The van der Waals surface area contributed by atoms with Crippen molar-refractivity contribution in [3.8, 4) is 6.01 Å². The van der Waals surface area contributed by atoms with Crippen molar-refractivity contribution in [2.75, 3.05) is 58.3 Å². The van der Waals surface area contributed by atoms with Gasteiger partial charge in [-0.25, -0.2) is 0 Å². The van der Waals surface area contributed by atoms with Crippen LogP contribution in [0, 0.1) is 0 Å². The van der Waals surface area contributed by atoms with Crippen LogP contribution in [-0.4, -0.2) is 62.6 Å². The van der Waals surface area contributed by atoms with Crippen molar-refractivity contribution in [3.63, 3.8) is 0 Å². The zero-order chi connectivity index (χ0) is 14.6. The van der Waals surface area contributed by atoms with Gasteiger partial charge < -0.3 is 24.8 Å². The smallest absolute Gasteiger partial charge is 0.322 e. The second-order valence-electron chi connectivity index (χ2n) is 4.02. The lowest BCUT2D eigenvalue weighted by molar-refractivity contribution is 0.197. The summed E-state index contributed by atoms with van der Waals surface area (Å²) in [4.78, 5) is 12.5. The molecule has 0 fully saturated rings. The number of nitrogens with one attached hydrogen (secondary N) is 2. The molecule has 0 atom stereocenters. The van der Waals surface area contributed by atoms with Gasteiger partial charge in [-0.15, -0.1) is 0 Å². The van der Waals surface area contributed by atoms with Crippen molar-refractivity contribution < 1.29 is 14.2 Å². The Morgan fingerprint density at radius 3 is 1.70 bits per heavy atom. The van der Waals surface area contributed by atoms with Crippen LogP contribution < -0.4 is 15.4 Å². The van der Waals surface area contributed by atoms with Crippen LogP contribution in [0.25, 0.3) is 0 Å². The molecule has 0 saturated heterocycles. The third-order valence-electron chi connectivity index (χ3n) is 2.41. The van der Waals surface area contributed by atoms with Crippen LogP contribution in [0.4, 0.5) is 11.9 Å². The summed E-state index contributed by atoms with van der Waals surface area (Å²) >= 11 is 0. The van der Waals surface area contributed by atoms with Crippen molar-refractivity contribution in [2.24, 2.45) is 0 Å². The van der Waals surface area contributed by atoms with Gasteiger partial charge in [0.25, 0.3) is 0 Å². The number of hydrogen-bond acceptors (Lipinski definition) is 8. The van der Waals surface area contributed by atoms with Gasteiger partial charge in [-0.1, -0.05) is 0 Å². The van der Waals surface area contributed by atoms with Gasteiger partial charge in [0.05, 0.1) is 7.11 Å². The third kappa shape index (κ3) is 6.48. The van der Waals surface area contributed by atoms with Crippen molar-refractivity contribution in [1.82, 2.24) is 15.0 Å². The molecular weight excluding hydrogens is 262 g/mol. The van der Waals surface area contributed by atoms with Crippen LogP contribution in [0.15, 0.2) is 0 Å². The van der Waals surface area contributed by atoms with Gasteiger partial charge >= 0.3 is 6.01 Å². The Kier molecular flexibility index (Phi) is 8.32. The highest BCUT2D eigenvalue weighted by Gasteiger charge is 2.06. The van der Waals surface area contributed by atoms with E-state index in [1.807, 2.05) is 0 Å². The molecule has 0 unspecified atom stereocenters. The van der Waals surface area contributed by atoms with Gasteiger partial charge in [0.2, 0.25) is 11.9 Å². The summed E-state index contributed by atoms with van der Waals surface area (Å²) in [6, 6.07) is 0.281. The maximum Gasteiger partial charge on any atom is 0.322 e. The average Bonchev–Trinajstić information content (AvgIpc) is 2.48. The van der Waals surface area contributed by atoms with Crippen LogP contribution in [0.2, 0.25) is 0 Å². The van der Waals surface area contributed by atoms with E-state index in [0.29, 0.717) is 25.1 Å². The quantitative estimate of drug-likeness (QED) is 0.576. The fourth-order valence-corrected chi connectivity index (χ4v) is 1.44. The number of rotatable bonds is 11. The highest BCUT2D eigenvalue weighted by atomic mass is 16.5. The standard InChI is InChI=1S/C12H23N5O3/c1-18-8-4-6-13-10-15-11(14-7-5-9-19-2)17-12(16-10)20-3/h4-9H2,1-3H3,(H2,13,14,15,16,17). The minimum atomic E-state index is 0.281. The largest absolute Gasteiger partial charge is 0.467 e. The van der Waals surface area contributed by atoms with E-state index in [-0.39, 0.29) is 6.01 Å². The molecule has 0 aromatic carbocycles. The molecule has 2 N–H and O–H groups in total. The van der Waals surface area contributed by atoms with Crippen molar-refractivity contribution >= 4 is 11.9 Å². The Morgan fingerprint density at radius 2 is 1.30 bits per heavy atom. The minimum absolute atomic E-state index is 0.281. The predicted molar refractivity (Wildman–Crippen MR) is 76.3 cm³/mol. The Morgan fingerprint density at radius 1 is 0.800 bits per heavy atom. The molecule has 1 aromatic heterocycles. The van der Waals surface area contributed by atoms with Gasteiger partial charge in [0, 0.05) is 40.5 Å². The summed E-state index contributed by atoms with van der Waals surface area (Å²) < 4.78 is 15.0. The van der Waals surface area contributed by atoms with E-state index in [1.165, 1.54) is 7.11 Å². The SMILES string of the molecule is COCCCNc1nc(NCCCOC)nc(OC)n1. The maximum atomic E-state index is 5.06. The van der Waals surface area contributed by atoms with Crippen LogP contribution in [-0.2, 0) is 9.47 Å². The second-order valence-corrected chi connectivity index (χ2v) is 4.02. The number of methoxy groups -OCH3 is 3. The Bertz CT molecular complexity index is 348. The Balaban J connectivity index is 2.51. The highest BCUT2D eigenvalue weighted by Crippen LogP contribution is 2.10. The van der Waals surface area contributed by atoms with E-state index in [0.717, 1.165) is 25.9 Å². The molecule has 0 aliphatic rings. The summed E-state index contributed by atoms with van der Waals surface area (Å²) in [5.74, 6) is 0.976. The highest BCUT2D eigenvalue weighted by molar-refractivity contribution is 5.35. The van der Waals surface area contributed by atoms with E-state index in [9.17, 15) is 0 Å². The van der Waals surface area contributed by atoms with Gasteiger partial charge in [0.1, 0.15) is 0 Å². The van der Waals surface area contributed by atoms with Crippen LogP contribution in [0.1, 0.15) is 12.8 Å². The van der Waals surface area contributed by atoms with Gasteiger partial charge in [0.15, 0.2) is 0 Å². The summed E-state index contributed by atoms with van der Waals surface area (Å²) in [6.45, 7) is 2.84. The first-order valence-electron chi connectivity index (χ1n) is 6.55. The lowest BCUT2D eigenvalue weighted by Gasteiger charge is -2.09. The predicted octanol–water partition coefficient (Wildman–Crippen LogP) is 0.777. The molecule has 0 bridgehead atoms. The van der Waals surface area contributed by atoms with E-state index < -0.39 is 0 Å². The molecule has 1 aromatic rings. The molecule has 20 heavy (non-hydrogen) atoms. The molecule has 0 amide bonds. The Labute approximate surface area is 119 Å². The second kappa shape index (κ2) is 10.2.